The molecule has 0 saturated heterocycles. The van der Waals surface area contributed by atoms with Gasteiger partial charge in [-0.15, -0.1) is 0 Å². The van der Waals surface area contributed by atoms with E-state index in [1.807, 2.05) is 24.3 Å². The van der Waals surface area contributed by atoms with Gasteiger partial charge in [0.05, 0.1) is 5.69 Å². The number of carbonyl (C=O) groups excluding carboxylic acids is 1. The van der Waals surface area contributed by atoms with Gasteiger partial charge in [0.15, 0.2) is 5.96 Å². The highest BCUT2D eigenvalue weighted by Gasteiger charge is 2.23. The Kier molecular flexibility index (Phi) is 6.34. The van der Waals surface area contributed by atoms with Gasteiger partial charge in [-0.05, 0) is 49.9 Å². The minimum Gasteiger partial charge on any atom is -0.355 e. The number of aromatic nitrogens is 2. The Morgan fingerprint density at radius 3 is 2.71 bits per heavy atom. The van der Waals surface area contributed by atoms with E-state index < -0.39 is 0 Å². The fraction of sp³-hybridized carbons (Fsp3) is 0.476. The third-order valence-electron chi connectivity index (χ3n) is 5.09. The summed E-state index contributed by atoms with van der Waals surface area (Å²) in [5.74, 6) is 0.709. The molecule has 7 nitrogen and oxygen atoms in total. The molecule has 1 aromatic heterocycles. The van der Waals surface area contributed by atoms with Crippen LogP contribution in [-0.4, -0.2) is 41.8 Å². The minimum absolute atomic E-state index is 0.0754. The highest BCUT2D eigenvalue weighted by Crippen LogP contribution is 2.21. The summed E-state index contributed by atoms with van der Waals surface area (Å²) < 4.78 is 2.06. The molecule has 1 atom stereocenters. The van der Waals surface area contributed by atoms with Crippen molar-refractivity contribution < 1.29 is 4.79 Å². The smallest absolute Gasteiger partial charge is 0.251 e. The Labute approximate surface area is 166 Å². The van der Waals surface area contributed by atoms with Crippen molar-refractivity contribution in [1.29, 1.82) is 0 Å². The van der Waals surface area contributed by atoms with Gasteiger partial charge in [-0.25, -0.2) is 0 Å². The number of nitrogens with zero attached hydrogens (tertiary/aromatic N) is 3. The number of hydrogen-bond acceptors (Lipinski definition) is 3. The fourth-order valence-electron chi connectivity index (χ4n) is 3.39. The van der Waals surface area contributed by atoms with E-state index in [2.05, 4.69) is 45.7 Å². The zero-order chi connectivity index (χ0) is 20.1. The number of fused-ring (bicyclic) bond motifs is 1. The zero-order valence-corrected chi connectivity index (χ0v) is 17.1. The van der Waals surface area contributed by atoms with Crippen molar-refractivity contribution >= 4 is 11.9 Å². The summed E-state index contributed by atoms with van der Waals surface area (Å²) in [5, 5.41) is 14.2. The molecule has 1 unspecified atom stereocenters. The van der Waals surface area contributed by atoms with E-state index in [4.69, 9.17) is 5.10 Å². The first-order valence-corrected chi connectivity index (χ1v) is 9.85. The molecule has 7 heteroatoms. The highest BCUT2D eigenvalue weighted by atomic mass is 16.1. The molecule has 28 heavy (non-hydrogen) atoms. The average Bonchev–Trinajstić information content (AvgIpc) is 3.14. The van der Waals surface area contributed by atoms with E-state index in [-0.39, 0.29) is 5.91 Å². The highest BCUT2D eigenvalue weighted by molar-refractivity contribution is 5.93. The maximum Gasteiger partial charge on any atom is 0.251 e. The molecule has 0 bridgehead atoms. The quantitative estimate of drug-likeness (QED) is 0.546. The molecule has 2 aromatic rings. The van der Waals surface area contributed by atoms with Crippen LogP contribution in [0.2, 0.25) is 0 Å². The topological polar surface area (TPSA) is 83.3 Å². The van der Waals surface area contributed by atoms with Gasteiger partial charge >= 0.3 is 0 Å². The molecule has 0 aliphatic heterocycles. The first kappa shape index (κ1) is 19.9. The molecule has 1 aliphatic rings. The lowest BCUT2D eigenvalue weighted by atomic mass is 9.94. The third kappa shape index (κ3) is 4.71. The van der Waals surface area contributed by atoms with Gasteiger partial charge in [0, 0.05) is 50.9 Å². The molecule has 150 valence electrons. The molecule has 1 aliphatic carbocycles. The van der Waals surface area contributed by atoms with Crippen molar-refractivity contribution in [2.75, 3.05) is 14.1 Å². The van der Waals surface area contributed by atoms with E-state index in [0.29, 0.717) is 24.2 Å². The third-order valence-corrected chi connectivity index (χ3v) is 5.09. The molecular formula is C21H30N6O. The van der Waals surface area contributed by atoms with Crippen molar-refractivity contribution in [2.45, 2.75) is 51.7 Å². The molecule has 1 amide bonds. The summed E-state index contributed by atoms with van der Waals surface area (Å²) in [5.41, 5.74) is 4.31. The van der Waals surface area contributed by atoms with E-state index in [1.54, 1.807) is 14.1 Å². The van der Waals surface area contributed by atoms with Crippen molar-refractivity contribution in [1.82, 2.24) is 25.7 Å². The van der Waals surface area contributed by atoms with Crippen LogP contribution in [0.1, 0.15) is 53.5 Å². The van der Waals surface area contributed by atoms with Gasteiger partial charge in [0.1, 0.15) is 0 Å². The molecule has 0 fully saturated rings. The SMILES string of the molecule is CN=C(NCc1ccc(C(=O)NC)cc1)NC1CCc2cn(C(C)C)nc2C1. The normalized spacial score (nSPS) is 16.6. The van der Waals surface area contributed by atoms with Gasteiger partial charge in [-0.1, -0.05) is 12.1 Å². The van der Waals surface area contributed by atoms with Crippen LogP contribution in [0.3, 0.4) is 0 Å². The predicted octanol–water partition coefficient (Wildman–Crippen LogP) is 2.05. The van der Waals surface area contributed by atoms with Crippen LogP contribution in [0, 0.1) is 0 Å². The fourth-order valence-corrected chi connectivity index (χ4v) is 3.39. The molecule has 1 heterocycles. The second kappa shape index (κ2) is 8.91. The summed E-state index contributed by atoms with van der Waals surface area (Å²) in [4.78, 5) is 16.0. The summed E-state index contributed by atoms with van der Waals surface area (Å²) in [6, 6.07) is 8.29. The number of nitrogens with one attached hydrogen (secondary N) is 3. The van der Waals surface area contributed by atoms with Gasteiger partial charge in [-0.2, -0.15) is 5.10 Å². The lowest BCUT2D eigenvalue weighted by Gasteiger charge is -2.24. The van der Waals surface area contributed by atoms with E-state index in [0.717, 1.165) is 30.8 Å². The van der Waals surface area contributed by atoms with Crippen molar-refractivity contribution in [3.8, 4) is 0 Å². The Balaban J connectivity index is 1.54. The number of guanidine groups is 1. The van der Waals surface area contributed by atoms with Gasteiger partial charge in [0.25, 0.3) is 5.91 Å². The van der Waals surface area contributed by atoms with Crippen LogP contribution in [0.25, 0.3) is 0 Å². The van der Waals surface area contributed by atoms with Gasteiger partial charge < -0.3 is 16.0 Å². The number of carbonyl (C=O) groups is 1. The lowest BCUT2D eigenvalue weighted by molar-refractivity contribution is 0.0963. The number of hydrogen-bond donors (Lipinski definition) is 3. The number of aliphatic imine (C=N–C) groups is 1. The first-order valence-electron chi connectivity index (χ1n) is 9.85. The van der Waals surface area contributed by atoms with E-state index in [9.17, 15) is 4.79 Å². The van der Waals surface area contributed by atoms with Crippen molar-refractivity contribution in [2.24, 2.45) is 4.99 Å². The van der Waals surface area contributed by atoms with Gasteiger partial charge in [0.2, 0.25) is 0 Å². The van der Waals surface area contributed by atoms with Gasteiger partial charge in [-0.3, -0.25) is 14.5 Å². The van der Waals surface area contributed by atoms with Crippen molar-refractivity contribution in [3.63, 3.8) is 0 Å². The van der Waals surface area contributed by atoms with Crippen LogP contribution < -0.4 is 16.0 Å². The molecular weight excluding hydrogens is 352 g/mol. The Hall–Kier alpha value is -2.83. The summed E-state index contributed by atoms with van der Waals surface area (Å²) >= 11 is 0. The maximum atomic E-state index is 11.6. The second-order valence-electron chi connectivity index (χ2n) is 7.46. The average molecular weight is 383 g/mol. The summed E-state index contributed by atoms with van der Waals surface area (Å²) in [7, 11) is 3.42. The first-order chi connectivity index (χ1) is 13.5. The number of amides is 1. The lowest BCUT2D eigenvalue weighted by Crippen LogP contribution is -2.45. The Morgan fingerprint density at radius 2 is 2.07 bits per heavy atom. The van der Waals surface area contributed by atoms with E-state index in [1.165, 1.54) is 11.3 Å². The monoisotopic (exact) mass is 382 g/mol. The van der Waals surface area contributed by atoms with Crippen molar-refractivity contribution in [3.05, 3.63) is 52.8 Å². The van der Waals surface area contributed by atoms with Crippen LogP contribution in [0.4, 0.5) is 0 Å². The molecule has 1 aromatic carbocycles. The molecule has 3 N–H and O–H groups in total. The number of rotatable bonds is 5. The van der Waals surface area contributed by atoms with Crippen LogP contribution >= 0.6 is 0 Å². The minimum atomic E-state index is -0.0754. The van der Waals surface area contributed by atoms with E-state index >= 15 is 0 Å². The van der Waals surface area contributed by atoms with Crippen LogP contribution in [0.5, 0.6) is 0 Å². The second-order valence-corrected chi connectivity index (χ2v) is 7.46. The van der Waals surface area contributed by atoms with Crippen LogP contribution in [-0.2, 0) is 19.4 Å². The maximum absolute atomic E-state index is 11.6. The molecule has 0 radical (unpaired) electrons. The Morgan fingerprint density at radius 1 is 1.32 bits per heavy atom. The zero-order valence-electron chi connectivity index (χ0n) is 17.1. The number of benzene rings is 1. The molecule has 3 rings (SSSR count). The largest absolute Gasteiger partial charge is 0.355 e. The Bertz CT molecular complexity index is 837. The summed E-state index contributed by atoms with van der Waals surface area (Å²) in [6.45, 7) is 4.95. The number of aryl methyl sites for hydroxylation is 1. The summed E-state index contributed by atoms with van der Waals surface area (Å²) in [6.07, 6.45) is 5.21. The standard InChI is InChI=1S/C21H30N6O/c1-14(2)27-13-17-9-10-18(11-19(17)26-27)25-21(23-4)24-12-15-5-7-16(8-6-15)20(28)22-3/h5-8,13-14,18H,9-12H2,1-4H3,(H,22,28)(H2,23,24,25). The molecule has 0 spiro atoms. The molecule has 0 saturated carbocycles. The van der Waals surface area contributed by atoms with Crippen LogP contribution in [0.15, 0.2) is 35.5 Å². The predicted molar refractivity (Wildman–Crippen MR) is 112 cm³/mol.